The van der Waals surface area contributed by atoms with E-state index in [4.69, 9.17) is 37.4 Å². The number of rotatable bonds is 6. The molecule has 8 heteroatoms. The normalized spacial score (nSPS) is 14.7. The van der Waals surface area contributed by atoms with Crippen molar-refractivity contribution in [3.8, 4) is 11.5 Å². The summed E-state index contributed by atoms with van der Waals surface area (Å²) in [6.07, 6.45) is 1.56. The van der Waals surface area contributed by atoms with Crippen molar-refractivity contribution in [1.29, 1.82) is 0 Å². The summed E-state index contributed by atoms with van der Waals surface area (Å²) in [5.41, 5.74) is 1.28. The Balaban J connectivity index is 1.90. The van der Waals surface area contributed by atoms with E-state index in [1.54, 1.807) is 56.3 Å². The molecular formula is C22H19Cl2NO5. The van der Waals surface area contributed by atoms with Crippen LogP contribution in [0.4, 0.5) is 0 Å². The lowest BCUT2D eigenvalue weighted by atomic mass is 10.1. The Kier molecular flexibility index (Phi) is 6.80. The highest BCUT2D eigenvalue weighted by molar-refractivity contribution is 6.42. The second kappa shape index (κ2) is 9.32. The van der Waals surface area contributed by atoms with Gasteiger partial charge in [-0.15, -0.1) is 0 Å². The molecule has 1 aliphatic heterocycles. The molecule has 1 heterocycles. The number of carbonyl (C=O) groups excluding carboxylic acids is 2. The summed E-state index contributed by atoms with van der Waals surface area (Å²) in [5.74, 6) is -0.393. The molecule has 156 valence electrons. The van der Waals surface area contributed by atoms with E-state index in [0.717, 1.165) is 0 Å². The highest BCUT2D eigenvalue weighted by Crippen LogP contribution is 2.31. The first-order chi connectivity index (χ1) is 14.3. The van der Waals surface area contributed by atoms with Gasteiger partial charge < -0.3 is 14.2 Å². The molecule has 6 nitrogen and oxygen atoms in total. The first-order valence-electron chi connectivity index (χ1n) is 9.25. The zero-order valence-electron chi connectivity index (χ0n) is 16.6. The number of hydrogen-bond acceptors (Lipinski definition) is 6. The lowest BCUT2D eigenvalue weighted by molar-refractivity contribution is -0.138. The summed E-state index contributed by atoms with van der Waals surface area (Å²) < 4.78 is 16.2. The second-order valence-electron chi connectivity index (χ2n) is 6.68. The van der Waals surface area contributed by atoms with Gasteiger partial charge >= 0.3 is 11.9 Å². The summed E-state index contributed by atoms with van der Waals surface area (Å²) >= 11 is 11.9. The van der Waals surface area contributed by atoms with Crippen LogP contribution in [0.25, 0.3) is 6.08 Å². The summed E-state index contributed by atoms with van der Waals surface area (Å²) in [5, 5.41) is 0.723. The van der Waals surface area contributed by atoms with E-state index in [2.05, 4.69) is 4.99 Å². The van der Waals surface area contributed by atoms with Gasteiger partial charge in [-0.1, -0.05) is 43.1 Å². The first-order valence-corrected chi connectivity index (χ1v) is 10.0. The van der Waals surface area contributed by atoms with Gasteiger partial charge in [0.15, 0.2) is 17.2 Å². The Hall–Kier alpha value is -2.83. The molecule has 0 aliphatic carbocycles. The van der Waals surface area contributed by atoms with Gasteiger partial charge in [0, 0.05) is 5.56 Å². The van der Waals surface area contributed by atoms with Gasteiger partial charge in [-0.25, -0.2) is 9.79 Å². The van der Waals surface area contributed by atoms with Crippen molar-refractivity contribution in [3.63, 3.8) is 0 Å². The van der Waals surface area contributed by atoms with Crippen LogP contribution in [0.3, 0.4) is 0 Å². The number of aliphatic imine (C=N–C) groups is 1. The van der Waals surface area contributed by atoms with Crippen LogP contribution in [0.2, 0.25) is 10.0 Å². The van der Waals surface area contributed by atoms with Gasteiger partial charge in [-0.2, -0.15) is 0 Å². The van der Waals surface area contributed by atoms with Crippen molar-refractivity contribution in [2.75, 3.05) is 6.61 Å². The molecular weight excluding hydrogens is 429 g/mol. The van der Waals surface area contributed by atoms with Gasteiger partial charge in [0.25, 0.3) is 0 Å². The number of nitrogens with zero attached hydrogens (tertiary/aromatic N) is 1. The maximum absolute atomic E-state index is 12.2. The number of esters is 2. The molecule has 0 aromatic heterocycles. The average molecular weight is 448 g/mol. The molecule has 2 aromatic carbocycles. The minimum atomic E-state index is -0.593. The second-order valence-corrected chi connectivity index (χ2v) is 7.49. The maximum Gasteiger partial charge on any atom is 0.363 e. The van der Waals surface area contributed by atoms with Crippen LogP contribution >= 0.6 is 23.2 Å². The van der Waals surface area contributed by atoms with E-state index in [0.29, 0.717) is 39.3 Å². The van der Waals surface area contributed by atoms with Gasteiger partial charge in [0.05, 0.1) is 22.6 Å². The monoisotopic (exact) mass is 447 g/mol. The van der Waals surface area contributed by atoms with Crippen LogP contribution in [0.1, 0.15) is 31.9 Å². The molecule has 0 saturated heterocycles. The van der Waals surface area contributed by atoms with E-state index in [9.17, 15) is 9.59 Å². The summed E-state index contributed by atoms with van der Waals surface area (Å²) in [6, 6.07) is 9.81. The Morgan fingerprint density at radius 3 is 2.57 bits per heavy atom. The van der Waals surface area contributed by atoms with E-state index < -0.39 is 5.97 Å². The van der Waals surface area contributed by atoms with Crippen LogP contribution < -0.4 is 9.47 Å². The molecule has 2 aromatic rings. The minimum absolute atomic E-state index is 0.116. The van der Waals surface area contributed by atoms with Crippen LogP contribution in [0.15, 0.2) is 47.1 Å². The van der Waals surface area contributed by atoms with Crippen LogP contribution in [-0.4, -0.2) is 24.4 Å². The lowest BCUT2D eigenvalue weighted by Crippen LogP contribution is -2.15. The highest BCUT2D eigenvalue weighted by Gasteiger charge is 2.25. The van der Waals surface area contributed by atoms with Crippen LogP contribution in [0.5, 0.6) is 11.5 Å². The van der Waals surface area contributed by atoms with Crippen LogP contribution in [0, 0.1) is 5.92 Å². The summed E-state index contributed by atoms with van der Waals surface area (Å²) in [7, 11) is 0. The molecule has 3 rings (SSSR count). The third kappa shape index (κ3) is 5.01. The Morgan fingerprint density at radius 2 is 1.90 bits per heavy atom. The molecule has 1 aliphatic rings. The van der Waals surface area contributed by atoms with E-state index in [-0.39, 0.29) is 23.5 Å². The Morgan fingerprint density at radius 1 is 1.13 bits per heavy atom. The predicted molar refractivity (Wildman–Crippen MR) is 115 cm³/mol. The minimum Gasteiger partial charge on any atom is -0.490 e. The van der Waals surface area contributed by atoms with Gasteiger partial charge in [-0.05, 0) is 48.9 Å². The molecule has 0 radical (unpaired) electrons. The molecule has 0 atom stereocenters. The largest absolute Gasteiger partial charge is 0.490 e. The summed E-state index contributed by atoms with van der Waals surface area (Å²) in [6.45, 7) is 5.70. The Labute approximate surface area is 184 Å². The lowest BCUT2D eigenvalue weighted by Gasteiger charge is -2.12. The fourth-order valence-corrected chi connectivity index (χ4v) is 2.81. The number of hydrogen-bond donors (Lipinski definition) is 0. The number of ether oxygens (including phenoxy) is 3. The number of benzene rings is 2. The summed E-state index contributed by atoms with van der Waals surface area (Å²) in [4.78, 5) is 28.4. The third-order valence-corrected chi connectivity index (χ3v) is 4.78. The smallest absolute Gasteiger partial charge is 0.363 e. The van der Waals surface area contributed by atoms with Crippen molar-refractivity contribution >= 4 is 47.1 Å². The highest BCUT2D eigenvalue weighted by atomic mass is 35.5. The van der Waals surface area contributed by atoms with Crippen molar-refractivity contribution in [2.24, 2.45) is 10.9 Å². The van der Waals surface area contributed by atoms with E-state index in [1.165, 1.54) is 0 Å². The maximum atomic E-state index is 12.2. The zero-order valence-corrected chi connectivity index (χ0v) is 18.1. The molecule has 0 saturated carbocycles. The van der Waals surface area contributed by atoms with Crippen molar-refractivity contribution in [2.45, 2.75) is 20.8 Å². The van der Waals surface area contributed by atoms with Crippen molar-refractivity contribution in [1.82, 2.24) is 0 Å². The van der Waals surface area contributed by atoms with E-state index >= 15 is 0 Å². The SMILES string of the molecule is CCOc1cc(/C=C2/N=C(c3ccc(Cl)c(Cl)c3)OC2=O)ccc1OC(=O)C(C)C. The number of cyclic esters (lactones) is 1. The van der Waals surface area contributed by atoms with Gasteiger partial charge in [-0.3, -0.25) is 4.79 Å². The van der Waals surface area contributed by atoms with E-state index in [1.807, 2.05) is 6.92 Å². The predicted octanol–water partition coefficient (Wildman–Crippen LogP) is 5.30. The number of carbonyl (C=O) groups is 2. The van der Waals surface area contributed by atoms with Gasteiger partial charge in [0.1, 0.15) is 0 Å². The van der Waals surface area contributed by atoms with Crippen molar-refractivity contribution < 1.29 is 23.8 Å². The topological polar surface area (TPSA) is 74.2 Å². The molecule has 0 bridgehead atoms. The quantitative estimate of drug-likeness (QED) is 0.341. The fraction of sp³-hybridized carbons (Fsp3) is 0.227. The standard InChI is InChI=1S/C22H19Cl2NO5/c1-4-28-19-10-13(5-8-18(19)29-21(26)12(2)3)9-17-22(27)30-20(25-17)14-6-7-15(23)16(24)11-14/h5-12H,4H2,1-3H3/b17-9+. The van der Waals surface area contributed by atoms with Gasteiger partial charge in [0.2, 0.25) is 5.90 Å². The first kappa shape index (κ1) is 21.9. The number of halogens is 2. The third-order valence-electron chi connectivity index (χ3n) is 4.04. The molecule has 0 fully saturated rings. The molecule has 0 unspecified atom stereocenters. The molecule has 30 heavy (non-hydrogen) atoms. The average Bonchev–Trinajstić information content (AvgIpc) is 3.06. The molecule has 0 N–H and O–H groups in total. The zero-order chi connectivity index (χ0) is 21.8. The molecule has 0 amide bonds. The Bertz CT molecular complexity index is 1060. The molecule has 0 spiro atoms. The fourth-order valence-electron chi connectivity index (χ4n) is 2.51. The van der Waals surface area contributed by atoms with Crippen molar-refractivity contribution in [3.05, 3.63) is 63.3 Å². The van der Waals surface area contributed by atoms with Crippen LogP contribution in [-0.2, 0) is 14.3 Å².